The molecule has 1 amide bonds. The van der Waals surface area contributed by atoms with Crippen LogP contribution in [0.15, 0.2) is 23.2 Å². The van der Waals surface area contributed by atoms with Crippen LogP contribution in [0.25, 0.3) is 0 Å². The second-order valence-corrected chi connectivity index (χ2v) is 7.68. The van der Waals surface area contributed by atoms with Gasteiger partial charge in [0.2, 0.25) is 5.91 Å². The number of aliphatic imine (C=N–C) groups is 1. The van der Waals surface area contributed by atoms with Gasteiger partial charge in [-0.15, -0.1) is 0 Å². The molecule has 2 rings (SSSR count). The lowest BCUT2D eigenvalue weighted by Crippen LogP contribution is -2.43. The zero-order valence-corrected chi connectivity index (χ0v) is 17.7. The first kappa shape index (κ1) is 22.0. The van der Waals surface area contributed by atoms with Gasteiger partial charge in [-0.1, -0.05) is 18.9 Å². The normalized spacial score (nSPS) is 16.0. The summed E-state index contributed by atoms with van der Waals surface area (Å²) in [4.78, 5) is 21.2. The van der Waals surface area contributed by atoms with E-state index in [0.717, 1.165) is 43.8 Å². The molecule has 0 atom stereocenters. The summed E-state index contributed by atoms with van der Waals surface area (Å²) in [6.45, 7) is 3.69. The molecule has 1 aliphatic carbocycles. The van der Waals surface area contributed by atoms with E-state index in [2.05, 4.69) is 5.32 Å². The van der Waals surface area contributed by atoms with Crippen molar-refractivity contribution in [1.29, 1.82) is 0 Å². The molecule has 0 unspecified atom stereocenters. The third-order valence-corrected chi connectivity index (χ3v) is 5.28. The Morgan fingerprint density at radius 2 is 1.96 bits per heavy atom. The molecule has 0 aromatic heterocycles. The van der Waals surface area contributed by atoms with Gasteiger partial charge in [0.05, 0.1) is 19.1 Å². The molecular formula is C21H33FN4O2. The van der Waals surface area contributed by atoms with Crippen LogP contribution in [0.3, 0.4) is 0 Å². The predicted molar refractivity (Wildman–Crippen MR) is 110 cm³/mol. The van der Waals surface area contributed by atoms with Crippen LogP contribution in [0.2, 0.25) is 0 Å². The van der Waals surface area contributed by atoms with E-state index >= 15 is 0 Å². The van der Waals surface area contributed by atoms with Gasteiger partial charge >= 0.3 is 0 Å². The SMILES string of the molecule is CCNC(=NCC1(C(=O)N(C)C)CCCC1)N(C)Cc1ccc(OC)c(F)c1. The Kier molecular flexibility index (Phi) is 7.66. The zero-order chi connectivity index (χ0) is 20.7. The highest BCUT2D eigenvalue weighted by atomic mass is 19.1. The van der Waals surface area contributed by atoms with Crippen LogP contribution >= 0.6 is 0 Å². The van der Waals surface area contributed by atoms with Crippen LogP contribution < -0.4 is 10.1 Å². The molecule has 1 aliphatic rings. The topological polar surface area (TPSA) is 57.2 Å². The van der Waals surface area contributed by atoms with Gasteiger partial charge in [-0.2, -0.15) is 0 Å². The Balaban J connectivity index is 2.16. The summed E-state index contributed by atoms with van der Waals surface area (Å²) in [6.07, 6.45) is 3.87. The van der Waals surface area contributed by atoms with Crippen LogP contribution in [0.5, 0.6) is 5.75 Å². The van der Waals surface area contributed by atoms with Crippen molar-refractivity contribution in [3.8, 4) is 5.75 Å². The molecule has 6 nitrogen and oxygen atoms in total. The molecule has 0 radical (unpaired) electrons. The van der Waals surface area contributed by atoms with E-state index < -0.39 is 5.41 Å². The van der Waals surface area contributed by atoms with Gasteiger partial charge in [-0.3, -0.25) is 9.79 Å². The maximum Gasteiger partial charge on any atom is 0.230 e. The number of guanidine groups is 1. The fraction of sp³-hybridized carbons (Fsp3) is 0.619. The molecule has 1 aromatic carbocycles. The minimum atomic E-state index is -0.406. The Hall–Kier alpha value is -2.31. The number of carbonyl (C=O) groups excluding carboxylic acids is 1. The first-order valence-corrected chi connectivity index (χ1v) is 9.86. The van der Waals surface area contributed by atoms with Crippen LogP contribution in [-0.4, -0.2) is 63.0 Å². The van der Waals surface area contributed by atoms with Crippen molar-refractivity contribution in [1.82, 2.24) is 15.1 Å². The van der Waals surface area contributed by atoms with Crippen molar-refractivity contribution < 1.29 is 13.9 Å². The average molecular weight is 393 g/mol. The van der Waals surface area contributed by atoms with Crippen molar-refractivity contribution in [3.63, 3.8) is 0 Å². The fourth-order valence-electron chi connectivity index (χ4n) is 3.82. The van der Waals surface area contributed by atoms with Crippen LogP contribution in [-0.2, 0) is 11.3 Å². The minimum Gasteiger partial charge on any atom is -0.494 e. The third kappa shape index (κ3) is 5.14. The summed E-state index contributed by atoms with van der Waals surface area (Å²) < 4.78 is 19.0. The van der Waals surface area contributed by atoms with E-state index in [-0.39, 0.29) is 17.5 Å². The Bertz CT molecular complexity index is 700. The smallest absolute Gasteiger partial charge is 0.230 e. The van der Waals surface area contributed by atoms with E-state index in [1.54, 1.807) is 11.0 Å². The van der Waals surface area contributed by atoms with Gasteiger partial charge in [0.1, 0.15) is 0 Å². The van der Waals surface area contributed by atoms with Gasteiger partial charge in [0, 0.05) is 34.2 Å². The predicted octanol–water partition coefficient (Wildman–Crippen LogP) is 2.88. The lowest BCUT2D eigenvalue weighted by atomic mass is 9.85. The summed E-state index contributed by atoms with van der Waals surface area (Å²) >= 11 is 0. The number of carbonyl (C=O) groups is 1. The molecule has 1 fully saturated rings. The van der Waals surface area contributed by atoms with Gasteiger partial charge in [0.15, 0.2) is 17.5 Å². The average Bonchev–Trinajstić information content (AvgIpc) is 3.14. The number of hydrogen-bond donors (Lipinski definition) is 1. The molecular weight excluding hydrogens is 359 g/mol. The number of rotatable bonds is 7. The molecule has 28 heavy (non-hydrogen) atoms. The highest BCUT2D eigenvalue weighted by Crippen LogP contribution is 2.39. The monoisotopic (exact) mass is 392 g/mol. The van der Waals surface area contributed by atoms with Crippen molar-refractivity contribution in [2.45, 2.75) is 39.2 Å². The lowest BCUT2D eigenvalue weighted by Gasteiger charge is -2.30. The molecule has 1 aromatic rings. The lowest BCUT2D eigenvalue weighted by molar-refractivity contribution is -0.138. The van der Waals surface area contributed by atoms with Crippen molar-refractivity contribution in [3.05, 3.63) is 29.6 Å². The van der Waals surface area contributed by atoms with E-state index in [9.17, 15) is 9.18 Å². The van der Waals surface area contributed by atoms with Gasteiger partial charge in [0.25, 0.3) is 0 Å². The largest absolute Gasteiger partial charge is 0.494 e. The highest BCUT2D eigenvalue weighted by Gasteiger charge is 2.42. The first-order chi connectivity index (χ1) is 13.3. The third-order valence-electron chi connectivity index (χ3n) is 5.28. The van der Waals surface area contributed by atoms with E-state index in [1.807, 2.05) is 39.0 Å². The van der Waals surface area contributed by atoms with Crippen molar-refractivity contribution >= 4 is 11.9 Å². The van der Waals surface area contributed by atoms with Crippen LogP contribution in [0.4, 0.5) is 4.39 Å². The molecule has 1 N–H and O–H groups in total. The summed E-state index contributed by atoms with van der Waals surface area (Å²) in [5.74, 6) is 0.732. The van der Waals surface area contributed by atoms with E-state index in [0.29, 0.717) is 13.1 Å². The molecule has 156 valence electrons. The molecule has 0 spiro atoms. The second-order valence-electron chi connectivity index (χ2n) is 7.68. The molecule has 0 heterocycles. The number of amides is 1. The Labute approximate surface area is 167 Å². The summed E-state index contributed by atoms with van der Waals surface area (Å²) in [5.41, 5.74) is 0.420. The van der Waals surface area contributed by atoms with Crippen LogP contribution in [0.1, 0.15) is 38.2 Å². The maximum atomic E-state index is 14.0. The summed E-state index contributed by atoms with van der Waals surface area (Å²) in [6, 6.07) is 4.95. The molecule has 1 saturated carbocycles. The number of nitrogens with one attached hydrogen (secondary N) is 1. The first-order valence-electron chi connectivity index (χ1n) is 9.86. The highest BCUT2D eigenvalue weighted by molar-refractivity contribution is 5.84. The molecule has 0 saturated heterocycles. The summed E-state index contributed by atoms with van der Waals surface area (Å²) in [5, 5.41) is 3.28. The quantitative estimate of drug-likeness (QED) is 0.573. The number of ether oxygens (including phenoxy) is 1. The molecule has 0 aliphatic heterocycles. The molecule has 0 bridgehead atoms. The van der Waals surface area contributed by atoms with E-state index in [1.165, 1.54) is 13.2 Å². The number of hydrogen-bond acceptors (Lipinski definition) is 3. The second kappa shape index (κ2) is 9.75. The Morgan fingerprint density at radius 1 is 1.29 bits per heavy atom. The Morgan fingerprint density at radius 3 is 2.50 bits per heavy atom. The van der Waals surface area contributed by atoms with Crippen molar-refractivity contribution in [2.24, 2.45) is 10.4 Å². The number of halogens is 1. The number of methoxy groups -OCH3 is 1. The van der Waals surface area contributed by atoms with Gasteiger partial charge < -0.3 is 19.9 Å². The fourth-order valence-corrected chi connectivity index (χ4v) is 3.82. The zero-order valence-electron chi connectivity index (χ0n) is 17.7. The van der Waals surface area contributed by atoms with Gasteiger partial charge in [-0.25, -0.2) is 4.39 Å². The maximum absolute atomic E-state index is 14.0. The standard InChI is InChI=1S/C21H33FN4O2/c1-6-23-20(24-15-21(11-7-8-12-21)19(27)25(2)3)26(4)14-16-9-10-18(28-5)17(22)13-16/h9-10,13H,6-8,11-12,14-15H2,1-5H3,(H,23,24). The number of nitrogens with zero attached hydrogens (tertiary/aromatic N) is 3. The van der Waals surface area contributed by atoms with Crippen molar-refractivity contribution in [2.75, 3.05) is 41.3 Å². The number of benzene rings is 1. The minimum absolute atomic E-state index is 0.157. The molecule has 7 heteroatoms. The van der Waals surface area contributed by atoms with Gasteiger partial charge in [-0.05, 0) is 37.5 Å². The summed E-state index contributed by atoms with van der Waals surface area (Å²) in [7, 11) is 6.98. The van der Waals surface area contributed by atoms with Crippen LogP contribution in [0, 0.1) is 11.2 Å². The van der Waals surface area contributed by atoms with E-state index in [4.69, 9.17) is 9.73 Å².